The maximum atomic E-state index is 12.0. The van der Waals surface area contributed by atoms with E-state index in [1.165, 1.54) is 10.6 Å². The third-order valence-electron chi connectivity index (χ3n) is 1.77. The summed E-state index contributed by atoms with van der Waals surface area (Å²) in [6.45, 7) is 8.40. The Bertz CT molecular complexity index is 65.5. The normalized spacial score (nSPS) is 8.50. The smallest absolute Gasteiger partial charge is 0.418 e. The van der Waals surface area contributed by atoms with Crippen LogP contribution >= 0.6 is 20.3 Å². The van der Waals surface area contributed by atoms with E-state index in [9.17, 15) is 3.52 Å². The molecule has 0 radical (unpaired) electrons. The molecule has 0 aliphatic rings. The molecule has 0 spiro atoms. The summed E-state index contributed by atoms with van der Waals surface area (Å²) >= 11 is 0.948. The molecule has 0 aliphatic carbocycles. The van der Waals surface area contributed by atoms with Crippen LogP contribution in [0.3, 0.4) is 0 Å². The van der Waals surface area contributed by atoms with E-state index in [4.69, 9.17) is 0 Å². The fourth-order valence-corrected chi connectivity index (χ4v) is 1.73. The van der Waals surface area contributed by atoms with Gasteiger partial charge in [-0.1, -0.05) is 48.8 Å². The lowest BCUT2D eigenvalue weighted by molar-refractivity contribution is 0.813. The topological polar surface area (TPSA) is 0 Å². The number of hydrogen-bond acceptors (Lipinski definition) is 0. The first-order valence-electron chi connectivity index (χ1n) is 4.90. The van der Waals surface area contributed by atoms with Gasteiger partial charge < -0.3 is 3.52 Å². The quantitative estimate of drug-likeness (QED) is 0.531. The van der Waals surface area contributed by atoms with Gasteiger partial charge in [-0.05, 0) is 0 Å². The Balaban J connectivity index is 0. The van der Waals surface area contributed by atoms with Gasteiger partial charge in [0.1, 0.15) is 0 Å². The summed E-state index contributed by atoms with van der Waals surface area (Å²) in [5.41, 5.74) is 0. The molecule has 0 saturated heterocycles. The van der Waals surface area contributed by atoms with Crippen molar-refractivity contribution in [2.75, 3.05) is 0 Å². The first-order valence-corrected chi connectivity index (χ1v) is 12.8. The molecule has 0 aromatic carbocycles. The van der Waals surface area contributed by atoms with Crippen LogP contribution in [0.4, 0.5) is 3.52 Å². The summed E-state index contributed by atoms with van der Waals surface area (Å²) in [5.74, 6) is 0. The van der Waals surface area contributed by atoms with Gasteiger partial charge in [0.25, 0.3) is 0 Å². The first-order chi connectivity index (χ1) is 5.62. The highest BCUT2D eigenvalue weighted by Gasteiger charge is 2.09. The van der Waals surface area contributed by atoms with Crippen molar-refractivity contribution in [1.82, 2.24) is 0 Å². The van der Waals surface area contributed by atoms with Gasteiger partial charge in [0.2, 0.25) is 0 Å². The van der Waals surface area contributed by atoms with E-state index in [-0.39, 0.29) is 10.9 Å². The van der Waals surface area contributed by atoms with Crippen LogP contribution in [0.15, 0.2) is 0 Å². The summed E-state index contributed by atoms with van der Waals surface area (Å²) < 4.78 is 12.0. The van der Waals surface area contributed by atoms with Crippen LogP contribution in [0.5, 0.6) is 0 Å². The molecular formula is C8H20Al2FI. The van der Waals surface area contributed by atoms with E-state index in [1.807, 2.05) is 13.8 Å². The maximum absolute atomic E-state index is 12.0. The van der Waals surface area contributed by atoms with Crippen LogP contribution in [0.2, 0.25) is 21.1 Å². The van der Waals surface area contributed by atoms with Gasteiger partial charge in [-0.25, -0.2) is 20.3 Å². The summed E-state index contributed by atoms with van der Waals surface area (Å²) in [6.07, 6.45) is 0. The molecule has 0 unspecified atom stereocenters. The summed E-state index contributed by atoms with van der Waals surface area (Å²) in [7, 11) is -0.190. The van der Waals surface area contributed by atoms with E-state index in [0.717, 1.165) is 10.6 Å². The number of rotatable bonds is 4. The van der Waals surface area contributed by atoms with E-state index in [1.54, 1.807) is 0 Å². The predicted molar refractivity (Wildman–Crippen MR) is 68.6 cm³/mol. The number of halogens is 2. The highest BCUT2D eigenvalue weighted by Crippen LogP contribution is 2.04. The second kappa shape index (κ2) is 12.7. The molecule has 0 rings (SSSR count). The zero-order chi connectivity index (χ0) is 9.98. The van der Waals surface area contributed by atoms with Gasteiger partial charge in [0, 0.05) is 0 Å². The van der Waals surface area contributed by atoms with Crippen molar-refractivity contribution >= 4 is 45.7 Å². The largest absolute Gasteiger partial charge is 0.516 e. The highest BCUT2D eigenvalue weighted by molar-refractivity contribution is 14.1. The molecule has 0 aliphatic heterocycles. The zero-order valence-electron chi connectivity index (χ0n) is 8.74. The Morgan fingerprint density at radius 2 is 1.25 bits per heavy atom. The van der Waals surface area contributed by atoms with E-state index in [0.29, 0.717) is 0 Å². The summed E-state index contributed by atoms with van der Waals surface area (Å²) in [6, 6.07) is 0. The third kappa shape index (κ3) is 14.3. The predicted octanol–water partition coefficient (Wildman–Crippen LogP) is 4.44. The SMILES string of the molecule is C[CH2][Al]([F])[CH2]C.C[CH2][Al]([I])[CH2]C. The molecule has 0 amide bonds. The Morgan fingerprint density at radius 1 is 0.917 bits per heavy atom. The lowest BCUT2D eigenvalue weighted by Crippen LogP contribution is -1.97. The van der Waals surface area contributed by atoms with Crippen molar-refractivity contribution in [3.05, 3.63) is 0 Å². The van der Waals surface area contributed by atoms with Crippen molar-refractivity contribution in [3.8, 4) is 0 Å². The van der Waals surface area contributed by atoms with Crippen LogP contribution in [0.1, 0.15) is 27.7 Å². The molecular weight excluding hydrogens is 296 g/mol. The fourth-order valence-electron chi connectivity index (χ4n) is 0.577. The van der Waals surface area contributed by atoms with Crippen LogP contribution in [-0.2, 0) is 0 Å². The minimum atomic E-state index is -1.66. The molecule has 0 saturated carbocycles. The van der Waals surface area contributed by atoms with Gasteiger partial charge in [-0.3, -0.25) is 0 Å². The standard InChI is InChI=1S/4C2H5.2Al.FH.HI/c4*1-2;;;;/h4*1H2,2H3;;;2*1H/q;;;;2*+1;;/p-2. The van der Waals surface area contributed by atoms with Crippen molar-refractivity contribution in [2.45, 2.75) is 48.8 Å². The van der Waals surface area contributed by atoms with E-state index < -0.39 is 14.6 Å². The molecule has 0 aromatic rings. The Morgan fingerprint density at radius 3 is 1.25 bits per heavy atom. The Labute approximate surface area is 97.2 Å². The van der Waals surface area contributed by atoms with Crippen LogP contribution in [0, 0.1) is 0 Å². The first kappa shape index (κ1) is 16.2. The average Bonchev–Trinajstić information content (AvgIpc) is 2.16. The molecule has 0 bridgehead atoms. The van der Waals surface area contributed by atoms with Gasteiger partial charge >= 0.3 is 25.5 Å². The molecule has 4 heteroatoms. The molecule has 0 aromatic heterocycles. The lowest BCUT2D eigenvalue weighted by atomic mass is 10.9. The lowest BCUT2D eigenvalue weighted by Gasteiger charge is -1.87. The van der Waals surface area contributed by atoms with E-state index in [2.05, 4.69) is 34.1 Å². The molecule has 0 nitrogen and oxygen atoms in total. The third-order valence-corrected chi connectivity index (χ3v) is 10.6. The second-order valence-electron chi connectivity index (χ2n) is 2.83. The highest BCUT2D eigenvalue weighted by atomic mass is 127. The Hall–Kier alpha value is 1.72. The number of hydrogen-bond donors (Lipinski definition) is 0. The monoisotopic (exact) mass is 316 g/mol. The Kier molecular flexibility index (Phi) is 17.1. The van der Waals surface area contributed by atoms with Crippen molar-refractivity contribution in [3.63, 3.8) is 0 Å². The average molecular weight is 316 g/mol. The fraction of sp³-hybridized carbons (Fsp3) is 1.00. The molecule has 12 heavy (non-hydrogen) atoms. The summed E-state index contributed by atoms with van der Waals surface area (Å²) in [5, 5.41) is 4.51. The van der Waals surface area contributed by atoms with Crippen molar-refractivity contribution < 1.29 is 3.52 Å². The molecule has 0 heterocycles. The van der Waals surface area contributed by atoms with Crippen LogP contribution < -0.4 is 0 Å². The molecule has 72 valence electrons. The second-order valence-corrected chi connectivity index (χ2v) is 13.8. The minimum Gasteiger partial charge on any atom is -0.418 e. The minimum absolute atomic E-state index is 0.190. The summed E-state index contributed by atoms with van der Waals surface area (Å²) in [4.78, 5) is 0. The van der Waals surface area contributed by atoms with E-state index >= 15 is 0 Å². The van der Waals surface area contributed by atoms with Crippen LogP contribution in [-0.4, -0.2) is 25.5 Å². The van der Waals surface area contributed by atoms with Gasteiger partial charge in [-0.2, -0.15) is 0 Å². The van der Waals surface area contributed by atoms with Crippen LogP contribution in [0.25, 0.3) is 0 Å². The van der Waals surface area contributed by atoms with Gasteiger partial charge in [0.05, 0.1) is 0 Å². The maximum Gasteiger partial charge on any atom is 0.516 e. The van der Waals surface area contributed by atoms with Crippen molar-refractivity contribution in [1.29, 1.82) is 0 Å². The molecule has 0 fully saturated rings. The molecule has 0 atom stereocenters. The van der Waals surface area contributed by atoms with Crippen molar-refractivity contribution in [2.24, 2.45) is 0 Å². The molecule has 0 N–H and O–H groups in total. The van der Waals surface area contributed by atoms with Gasteiger partial charge in [-0.15, -0.1) is 0 Å². The van der Waals surface area contributed by atoms with Gasteiger partial charge in [0.15, 0.2) is 0 Å². The zero-order valence-corrected chi connectivity index (χ0v) is 13.2.